The molecule has 3 aliphatic heterocycles. The highest BCUT2D eigenvalue weighted by Gasteiger charge is 2.33. The first kappa shape index (κ1) is 23.0. The van der Waals surface area contributed by atoms with Crippen LogP contribution >= 0.6 is 0 Å². The molecule has 1 amide bonds. The van der Waals surface area contributed by atoms with Gasteiger partial charge in [-0.1, -0.05) is 41.9 Å². The lowest BCUT2D eigenvalue weighted by molar-refractivity contribution is 0.0612. The Kier molecular flexibility index (Phi) is 6.76. The number of nitrogens with zero attached hydrogens (tertiary/aromatic N) is 4. The fourth-order valence-electron chi connectivity index (χ4n) is 4.57. The average Bonchev–Trinajstić information content (AvgIpc) is 3.32. The molecule has 3 heterocycles. The van der Waals surface area contributed by atoms with Crippen molar-refractivity contribution in [1.29, 1.82) is 0 Å². The molecule has 2 aromatic rings. The average molecular weight is 474 g/mol. The Labute approximate surface area is 205 Å². The van der Waals surface area contributed by atoms with Crippen LogP contribution in [0.25, 0.3) is 0 Å². The van der Waals surface area contributed by atoms with E-state index in [4.69, 9.17) is 14.9 Å². The van der Waals surface area contributed by atoms with Crippen LogP contribution in [0.3, 0.4) is 0 Å². The Morgan fingerprint density at radius 3 is 2.71 bits per heavy atom. The van der Waals surface area contributed by atoms with E-state index in [1.54, 1.807) is 6.07 Å². The maximum absolute atomic E-state index is 12.5. The van der Waals surface area contributed by atoms with Crippen molar-refractivity contribution in [3.05, 3.63) is 65.7 Å². The SMILES string of the molecule is CC(C)NC(=O)c1cccc(NC2=NC3=NONC3N=C2N2CCC(Cc3ccccc3)CC2)c1. The molecule has 0 saturated carbocycles. The zero-order valence-electron chi connectivity index (χ0n) is 20.1. The predicted molar refractivity (Wildman–Crippen MR) is 137 cm³/mol. The number of oxime groups is 1. The maximum atomic E-state index is 12.5. The fraction of sp³-hybridized carbons (Fsp3) is 0.385. The van der Waals surface area contributed by atoms with E-state index in [0.717, 1.165) is 43.9 Å². The number of amides is 1. The van der Waals surface area contributed by atoms with E-state index >= 15 is 0 Å². The van der Waals surface area contributed by atoms with Gasteiger partial charge in [0.05, 0.1) is 0 Å². The zero-order chi connectivity index (χ0) is 24.2. The Balaban J connectivity index is 1.30. The smallest absolute Gasteiger partial charge is 0.251 e. The minimum absolute atomic E-state index is 0.0650. The number of piperidine rings is 1. The summed E-state index contributed by atoms with van der Waals surface area (Å²) in [4.78, 5) is 29.3. The summed E-state index contributed by atoms with van der Waals surface area (Å²) in [6.07, 6.45) is 2.85. The van der Waals surface area contributed by atoms with Gasteiger partial charge in [-0.2, -0.15) is 0 Å². The number of nitrogens with one attached hydrogen (secondary N) is 3. The molecular formula is C26H31N7O2. The number of aliphatic imine (C=N–C) groups is 2. The standard InChI is InChI=1S/C26H31N7O2/c1-17(2)27-26(34)20-9-6-10-21(16-20)28-24-25(30-23-22(29-24)31-35-32-23)33-13-11-19(12-14-33)15-18-7-4-3-5-8-18/h3-10,16-17,19,23,32H,11-15H2,1-2H3,(H,27,34)(H,28,29,31). The molecule has 5 rings (SSSR count). The first-order chi connectivity index (χ1) is 17.0. The Hall–Kier alpha value is -3.72. The molecule has 9 heteroatoms. The number of anilines is 1. The quantitative estimate of drug-likeness (QED) is 0.619. The summed E-state index contributed by atoms with van der Waals surface area (Å²) in [5.41, 5.74) is 5.52. The third kappa shape index (κ3) is 5.51. The van der Waals surface area contributed by atoms with Crippen LogP contribution in [0.15, 0.2) is 69.7 Å². The van der Waals surface area contributed by atoms with Crippen LogP contribution in [0.1, 0.15) is 42.6 Å². The summed E-state index contributed by atoms with van der Waals surface area (Å²) in [5, 5.41) is 10.3. The topological polar surface area (TPSA) is 103 Å². The van der Waals surface area contributed by atoms with Gasteiger partial charge in [0.1, 0.15) is 0 Å². The van der Waals surface area contributed by atoms with E-state index in [0.29, 0.717) is 23.2 Å². The molecule has 182 valence electrons. The van der Waals surface area contributed by atoms with E-state index in [1.807, 2.05) is 32.0 Å². The van der Waals surface area contributed by atoms with Crippen LogP contribution < -0.4 is 16.1 Å². The number of likely N-dealkylation sites (tertiary alicyclic amines) is 1. The molecule has 0 aliphatic carbocycles. The minimum atomic E-state index is -0.416. The first-order valence-corrected chi connectivity index (χ1v) is 12.2. The second-order valence-corrected chi connectivity index (χ2v) is 9.43. The monoisotopic (exact) mass is 473 g/mol. The van der Waals surface area contributed by atoms with E-state index in [-0.39, 0.29) is 11.9 Å². The highest BCUT2D eigenvalue weighted by Crippen LogP contribution is 2.24. The van der Waals surface area contributed by atoms with Gasteiger partial charge >= 0.3 is 0 Å². The number of hydrogen-bond acceptors (Lipinski definition) is 8. The molecule has 3 aliphatic rings. The second kappa shape index (κ2) is 10.3. The van der Waals surface area contributed by atoms with E-state index in [9.17, 15) is 4.79 Å². The number of fused-ring (bicyclic) bond motifs is 1. The Morgan fingerprint density at radius 1 is 1.14 bits per heavy atom. The number of carbonyl (C=O) groups excluding carboxylic acids is 1. The van der Waals surface area contributed by atoms with Gasteiger partial charge in [-0.3, -0.25) is 9.73 Å². The Morgan fingerprint density at radius 2 is 1.94 bits per heavy atom. The van der Waals surface area contributed by atoms with Crippen LogP contribution in [0, 0.1) is 5.92 Å². The number of rotatable bonds is 5. The molecule has 1 unspecified atom stereocenters. The number of benzene rings is 2. The lowest BCUT2D eigenvalue weighted by Crippen LogP contribution is -2.49. The van der Waals surface area contributed by atoms with Crippen molar-refractivity contribution >= 4 is 29.1 Å². The van der Waals surface area contributed by atoms with Crippen molar-refractivity contribution in [2.75, 3.05) is 18.4 Å². The molecule has 1 saturated heterocycles. The van der Waals surface area contributed by atoms with E-state index in [1.165, 1.54) is 5.56 Å². The van der Waals surface area contributed by atoms with Gasteiger partial charge in [0.25, 0.3) is 5.91 Å². The fourth-order valence-corrected chi connectivity index (χ4v) is 4.57. The summed E-state index contributed by atoms with van der Waals surface area (Å²) in [7, 11) is 0. The van der Waals surface area contributed by atoms with Crippen molar-refractivity contribution in [1.82, 2.24) is 15.7 Å². The highest BCUT2D eigenvalue weighted by molar-refractivity contribution is 6.47. The van der Waals surface area contributed by atoms with Gasteiger partial charge in [0.15, 0.2) is 17.8 Å². The molecule has 0 bridgehead atoms. The lowest BCUT2D eigenvalue weighted by atomic mass is 9.90. The molecule has 2 aromatic carbocycles. The molecule has 0 radical (unpaired) electrons. The minimum Gasteiger partial charge on any atom is -0.354 e. The van der Waals surface area contributed by atoms with E-state index in [2.05, 4.69) is 56.5 Å². The number of hydroxylamine groups is 1. The predicted octanol–water partition coefficient (Wildman–Crippen LogP) is 3.18. The van der Waals surface area contributed by atoms with Gasteiger partial charge < -0.3 is 15.5 Å². The van der Waals surface area contributed by atoms with Crippen LogP contribution in [0.2, 0.25) is 0 Å². The highest BCUT2D eigenvalue weighted by atomic mass is 16.8. The third-order valence-electron chi connectivity index (χ3n) is 6.33. The van der Waals surface area contributed by atoms with Gasteiger partial charge in [-0.05, 0) is 67.9 Å². The molecule has 0 aromatic heterocycles. The van der Waals surface area contributed by atoms with Crippen molar-refractivity contribution in [3.63, 3.8) is 0 Å². The number of carbonyl (C=O) groups is 1. The van der Waals surface area contributed by atoms with Gasteiger partial charge in [0.2, 0.25) is 5.84 Å². The van der Waals surface area contributed by atoms with Crippen molar-refractivity contribution in [3.8, 4) is 0 Å². The van der Waals surface area contributed by atoms with Crippen LogP contribution in [0.5, 0.6) is 0 Å². The maximum Gasteiger partial charge on any atom is 0.251 e. The van der Waals surface area contributed by atoms with Crippen LogP contribution in [-0.4, -0.2) is 53.6 Å². The normalized spacial score (nSPS) is 19.9. The summed E-state index contributed by atoms with van der Waals surface area (Å²) in [6, 6.07) is 18.1. The van der Waals surface area contributed by atoms with Crippen LogP contribution in [-0.2, 0) is 11.4 Å². The lowest BCUT2D eigenvalue weighted by Gasteiger charge is -2.35. The van der Waals surface area contributed by atoms with E-state index < -0.39 is 6.17 Å². The summed E-state index contributed by atoms with van der Waals surface area (Å²) in [6.45, 7) is 5.68. The molecule has 0 spiro atoms. The summed E-state index contributed by atoms with van der Waals surface area (Å²) < 4.78 is 0. The molecule has 1 atom stereocenters. The molecular weight excluding hydrogens is 442 g/mol. The van der Waals surface area contributed by atoms with Gasteiger partial charge in [-0.25, -0.2) is 9.98 Å². The third-order valence-corrected chi connectivity index (χ3v) is 6.33. The van der Waals surface area contributed by atoms with Crippen molar-refractivity contribution in [2.24, 2.45) is 21.1 Å². The Bertz CT molecular complexity index is 1150. The number of hydrogen-bond donors (Lipinski definition) is 3. The van der Waals surface area contributed by atoms with Crippen molar-refractivity contribution in [2.45, 2.75) is 45.3 Å². The second-order valence-electron chi connectivity index (χ2n) is 9.43. The van der Waals surface area contributed by atoms with Crippen molar-refractivity contribution < 1.29 is 9.73 Å². The van der Waals surface area contributed by atoms with Crippen LogP contribution in [0.4, 0.5) is 5.69 Å². The number of amidine groups is 3. The largest absolute Gasteiger partial charge is 0.354 e. The zero-order valence-corrected chi connectivity index (χ0v) is 20.1. The summed E-state index contributed by atoms with van der Waals surface area (Å²) >= 11 is 0. The van der Waals surface area contributed by atoms with Gasteiger partial charge in [-0.15, -0.1) is 0 Å². The molecule has 9 nitrogen and oxygen atoms in total. The first-order valence-electron chi connectivity index (χ1n) is 12.2. The molecule has 3 N–H and O–H groups in total. The molecule has 35 heavy (non-hydrogen) atoms. The molecule has 1 fully saturated rings. The van der Waals surface area contributed by atoms with Gasteiger partial charge in [0, 0.05) is 30.4 Å². The summed E-state index contributed by atoms with van der Waals surface area (Å²) in [5.74, 6) is 2.40.